The number of nitro groups is 1. The number of hydrogen-bond donors (Lipinski definition) is 1. The predicted octanol–water partition coefficient (Wildman–Crippen LogP) is 2.39. The first kappa shape index (κ1) is 13.5. The van der Waals surface area contributed by atoms with Crippen LogP contribution < -0.4 is 10.1 Å². The lowest BCUT2D eigenvalue weighted by atomic mass is 9.83. The van der Waals surface area contributed by atoms with Crippen LogP contribution in [-0.2, 0) is 0 Å². The van der Waals surface area contributed by atoms with Crippen LogP contribution in [0, 0.1) is 16.0 Å². The van der Waals surface area contributed by atoms with Crippen molar-refractivity contribution >= 4 is 11.5 Å². The van der Waals surface area contributed by atoms with Crippen LogP contribution in [0.25, 0.3) is 0 Å². The lowest BCUT2D eigenvalue weighted by Crippen LogP contribution is -2.15. The van der Waals surface area contributed by atoms with E-state index in [0.29, 0.717) is 19.1 Å². The third-order valence-electron chi connectivity index (χ3n) is 3.31. The van der Waals surface area contributed by atoms with E-state index in [9.17, 15) is 10.1 Å². The molecule has 0 bridgehead atoms. The van der Waals surface area contributed by atoms with E-state index in [-0.39, 0.29) is 17.4 Å². The summed E-state index contributed by atoms with van der Waals surface area (Å²) in [6.07, 6.45) is 5.96. The molecular formula is C12H18N4O3. The topological polar surface area (TPSA) is 90.2 Å². The van der Waals surface area contributed by atoms with Crippen molar-refractivity contribution < 1.29 is 9.66 Å². The van der Waals surface area contributed by atoms with Crippen molar-refractivity contribution in [1.29, 1.82) is 0 Å². The standard InChI is InChI=1S/C12H18N4O3/c1-2-13-11-10(16(17)18)12(15-8-14-11)19-7-6-9-4-3-5-9/h8-9H,2-7H2,1H3,(H,13,14,15). The number of ether oxygens (including phenoxy) is 1. The number of nitrogens with one attached hydrogen (secondary N) is 1. The molecule has 1 fully saturated rings. The summed E-state index contributed by atoms with van der Waals surface area (Å²) in [5, 5.41) is 13.9. The maximum Gasteiger partial charge on any atom is 0.372 e. The van der Waals surface area contributed by atoms with Crippen molar-refractivity contribution in [2.45, 2.75) is 32.6 Å². The van der Waals surface area contributed by atoms with Gasteiger partial charge in [0, 0.05) is 6.54 Å². The number of hydrogen-bond acceptors (Lipinski definition) is 6. The van der Waals surface area contributed by atoms with Gasteiger partial charge in [0.1, 0.15) is 6.33 Å². The Morgan fingerprint density at radius 3 is 2.89 bits per heavy atom. The number of nitrogens with zero attached hydrogens (tertiary/aromatic N) is 3. The van der Waals surface area contributed by atoms with Crippen LogP contribution in [0.3, 0.4) is 0 Å². The summed E-state index contributed by atoms with van der Waals surface area (Å²) in [5.74, 6) is 0.963. The summed E-state index contributed by atoms with van der Waals surface area (Å²) in [6.45, 7) is 2.87. The first-order valence-corrected chi connectivity index (χ1v) is 6.58. The highest BCUT2D eigenvalue weighted by atomic mass is 16.6. The number of aromatic nitrogens is 2. The van der Waals surface area contributed by atoms with E-state index in [1.807, 2.05) is 6.92 Å². The van der Waals surface area contributed by atoms with Crippen molar-refractivity contribution in [2.24, 2.45) is 5.92 Å². The second-order valence-electron chi connectivity index (χ2n) is 4.60. The van der Waals surface area contributed by atoms with Gasteiger partial charge in [-0.25, -0.2) is 4.98 Å². The third kappa shape index (κ3) is 3.30. The molecule has 1 N–H and O–H groups in total. The summed E-state index contributed by atoms with van der Waals surface area (Å²) < 4.78 is 5.46. The highest BCUT2D eigenvalue weighted by Gasteiger charge is 2.24. The Morgan fingerprint density at radius 1 is 1.53 bits per heavy atom. The summed E-state index contributed by atoms with van der Waals surface area (Å²) >= 11 is 0. The van der Waals surface area contributed by atoms with Crippen LogP contribution in [-0.4, -0.2) is 28.0 Å². The van der Waals surface area contributed by atoms with Gasteiger partial charge in [0.15, 0.2) is 0 Å². The minimum Gasteiger partial charge on any atom is -0.473 e. The molecule has 0 aliphatic heterocycles. The molecule has 0 radical (unpaired) electrons. The Balaban J connectivity index is 2.04. The molecule has 2 rings (SSSR count). The van der Waals surface area contributed by atoms with Crippen molar-refractivity contribution in [3.05, 3.63) is 16.4 Å². The molecule has 1 saturated carbocycles. The first-order valence-electron chi connectivity index (χ1n) is 6.58. The average Bonchev–Trinajstić information content (AvgIpc) is 2.32. The molecule has 1 aromatic heterocycles. The summed E-state index contributed by atoms with van der Waals surface area (Å²) in [6, 6.07) is 0. The summed E-state index contributed by atoms with van der Waals surface area (Å²) in [7, 11) is 0. The summed E-state index contributed by atoms with van der Waals surface area (Å²) in [4.78, 5) is 18.3. The largest absolute Gasteiger partial charge is 0.473 e. The molecule has 0 unspecified atom stereocenters. The quantitative estimate of drug-likeness (QED) is 0.602. The second kappa shape index (κ2) is 6.31. The lowest BCUT2D eigenvalue weighted by molar-refractivity contribution is -0.385. The fourth-order valence-corrected chi connectivity index (χ4v) is 2.03. The molecule has 1 aliphatic rings. The molecule has 1 aromatic rings. The van der Waals surface area contributed by atoms with Crippen molar-refractivity contribution in [1.82, 2.24) is 9.97 Å². The fraction of sp³-hybridized carbons (Fsp3) is 0.667. The van der Waals surface area contributed by atoms with Gasteiger partial charge in [0.2, 0.25) is 5.82 Å². The van der Waals surface area contributed by atoms with E-state index >= 15 is 0 Å². The van der Waals surface area contributed by atoms with E-state index in [2.05, 4.69) is 15.3 Å². The third-order valence-corrected chi connectivity index (χ3v) is 3.31. The average molecular weight is 266 g/mol. The van der Waals surface area contributed by atoms with Gasteiger partial charge in [0.05, 0.1) is 11.5 Å². The van der Waals surface area contributed by atoms with E-state index < -0.39 is 4.92 Å². The second-order valence-corrected chi connectivity index (χ2v) is 4.60. The Kier molecular flexibility index (Phi) is 4.48. The molecule has 19 heavy (non-hydrogen) atoms. The highest BCUT2D eigenvalue weighted by molar-refractivity contribution is 5.60. The molecule has 0 aromatic carbocycles. The summed E-state index contributed by atoms with van der Waals surface area (Å²) in [5.41, 5.74) is -0.182. The molecule has 0 atom stereocenters. The van der Waals surface area contributed by atoms with E-state index in [4.69, 9.17) is 4.74 Å². The molecule has 7 nitrogen and oxygen atoms in total. The lowest BCUT2D eigenvalue weighted by Gasteiger charge is -2.24. The predicted molar refractivity (Wildman–Crippen MR) is 70.3 cm³/mol. The molecule has 0 spiro atoms. The maximum absolute atomic E-state index is 11.1. The van der Waals surface area contributed by atoms with Gasteiger partial charge in [-0.1, -0.05) is 19.3 Å². The normalized spacial score (nSPS) is 14.8. The van der Waals surface area contributed by atoms with E-state index in [1.54, 1.807) is 0 Å². The van der Waals surface area contributed by atoms with Crippen molar-refractivity contribution in [3.8, 4) is 5.88 Å². The van der Waals surface area contributed by atoms with Crippen LogP contribution in [0.2, 0.25) is 0 Å². The van der Waals surface area contributed by atoms with Crippen LogP contribution in [0.1, 0.15) is 32.6 Å². The monoisotopic (exact) mass is 266 g/mol. The van der Waals surface area contributed by atoms with Crippen LogP contribution in [0.5, 0.6) is 5.88 Å². The maximum atomic E-state index is 11.1. The van der Waals surface area contributed by atoms with Gasteiger partial charge >= 0.3 is 5.69 Å². The van der Waals surface area contributed by atoms with E-state index in [0.717, 1.165) is 6.42 Å². The van der Waals surface area contributed by atoms with Crippen molar-refractivity contribution in [2.75, 3.05) is 18.5 Å². The molecule has 1 heterocycles. The Morgan fingerprint density at radius 2 is 2.32 bits per heavy atom. The molecule has 0 saturated heterocycles. The van der Waals surface area contributed by atoms with Gasteiger partial charge in [-0.15, -0.1) is 0 Å². The van der Waals surface area contributed by atoms with Crippen LogP contribution in [0.4, 0.5) is 11.5 Å². The van der Waals surface area contributed by atoms with Gasteiger partial charge < -0.3 is 10.1 Å². The molecular weight excluding hydrogens is 248 g/mol. The Hall–Kier alpha value is -1.92. The molecule has 1 aliphatic carbocycles. The SMILES string of the molecule is CCNc1ncnc(OCCC2CCC2)c1[N+](=O)[O-]. The first-order chi connectivity index (χ1) is 9.22. The van der Waals surface area contributed by atoms with Crippen LogP contribution in [0.15, 0.2) is 6.33 Å². The minimum atomic E-state index is -0.503. The Labute approximate surface area is 111 Å². The fourth-order valence-electron chi connectivity index (χ4n) is 2.03. The van der Waals surface area contributed by atoms with Gasteiger partial charge in [-0.2, -0.15) is 4.98 Å². The van der Waals surface area contributed by atoms with Gasteiger partial charge in [-0.05, 0) is 19.3 Å². The van der Waals surface area contributed by atoms with Crippen LogP contribution >= 0.6 is 0 Å². The zero-order chi connectivity index (χ0) is 13.7. The molecule has 0 amide bonds. The molecule has 104 valence electrons. The minimum absolute atomic E-state index is 0.0512. The molecule has 7 heteroatoms. The van der Waals surface area contributed by atoms with Crippen molar-refractivity contribution in [3.63, 3.8) is 0 Å². The Bertz CT molecular complexity index is 449. The smallest absolute Gasteiger partial charge is 0.372 e. The van der Waals surface area contributed by atoms with E-state index in [1.165, 1.54) is 25.6 Å². The zero-order valence-electron chi connectivity index (χ0n) is 11.0. The van der Waals surface area contributed by atoms with Gasteiger partial charge in [0.25, 0.3) is 5.88 Å². The highest BCUT2D eigenvalue weighted by Crippen LogP contribution is 2.32. The number of anilines is 1. The number of rotatable bonds is 7. The zero-order valence-corrected chi connectivity index (χ0v) is 11.0. The van der Waals surface area contributed by atoms with Gasteiger partial charge in [-0.3, -0.25) is 10.1 Å².